The molecule has 0 bridgehead atoms. The Bertz CT molecular complexity index is 535. The average molecular weight is 312 g/mol. The van der Waals surface area contributed by atoms with Crippen molar-refractivity contribution in [2.75, 3.05) is 12.9 Å². The van der Waals surface area contributed by atoms with E-state index in [4.69, 9.17) is 0 Å². The fourth-order valence-corrected chi connectivity index (χ4v) is 2.69. The van der Waals surface area contributed by atoms with Crippen LogP contribution in [0.1, 0.15) is 12.5 Å². The van der Waals surface area contributed by atoms with Gasteiger partial charge < -0.3 is 10.1 Å². The van der Waals surface area contributed by atoms with Crippen LogP contribution >= 0.6 is 11.8 Å². The van der Waals surface area contributed by atoms with Gasteiger partial charge in [-0.05, 0) is 0 Å². The molecule has 0 spiro atoms. The summed E-state index contributed by atoms with van der Waals surface area (Å²) in [5.74, 6) is -0.236. The molecule has 1 amide bonds. The van der Waals surface area contributed by atoms with Crippen molar-refractivity contribution in [2.24, 2.45) is 0 Å². The first-order chi connectivity index (χ1) is 9.95. The second kappa shape index (κ2) is 8.25. The van der Waals surface area contributed by atoms with Crippen molar-refractivity contribution in [3.8, 4) is 0 Å². The van der Waals surface area contributed by atoms with Gasteiger partial charge in [0.1, 0.15) is 6.04 Å². The number of nitro groups is 1. The summed E-state index contributed by atoms with van der Waals surface area (Å²) in [4.78, 5) is 33.0. The van der Waals surface area contributed by atoms with E-state index in [2.05, 4.69) is 10.1 Å². The number of benzene rings is 1. The van der Waals surface area contributed by atoms with E-state index in [-0.39, 0.29) is 17.3 Å². The second-order valence-corrected chi connectivity index (χ2v) is 5.21. The molecular weight excluding hydrogens is 296 g/mol. The van der Waals surface area contributed by atoms with Crippen molar-refractivity contribution < 1.29 is 19.2 Å². The summed E-state index contributed by atoms with van der Waals surface area (Å²) in [6.45, 7) is 1.31. The Morgan fingerprint density at radius 2 is 2.10 bits per heavy atom. The van der Waals surface area contributed by atoms with Gasteiger partial charge in [-0.2, -0.15) is 11.8 Å². The predicted octanol–water partition coefficient (Wildman–Crippen LogP) is 1.51. The minimum atomic E-state index is -0.764. The van der Waals surface area contributed by atoms with Crippen molar-refractivity contribution in [1.29, 1.82) is 0 Å². The maximum absolute atomic E-state index is 11.5. The summed E-state index contributed by atoms with van der Waals surface area (Å²) >= 11 is 1.31. The van der Waals surface area contributed by atoms with E-state index in [0.29, 0.717) is 11.3 Å². The highest BCUT2D eigenvalue weighted by atomic mass is 32.2. The standard InChI is InChI=1S/C13H16N2O5S/c1-9(16)14-11(13(17)20-2)8-21-7-10-5-3-4-6-12(10)15(18)19/h3-6,11H,7-8H2,1-2H3,(H,14,16). The molecule has 0 aromatic heterocycles. The van der Waals surface area contributed by atoms with Crippen LogP contribution in [0.2, 0.25) is 0 Å². The number of ether oxygens (including phenoxy) is 1. The van der Waals surface area contributed by atoms with Crippen LogP contribution < -0.4 is 5.32 Å². The third-order valence-electron chi connectivity index (χ3n) is 2.59. The van der Waals surface area contributed by atoms with Gasteiger partial charge in [0.25, 0.3) is 5.69 Å². The van der Waals surface area contributed by atoms with Crippen LogP contribution in [0.25, 0.3) is 0 Å². The molecule has 0 radical (unpaired) electrons. The molecule has 0 aliphatic carbocycles. The molecule has 0 aliphatic rings. The van der Waals surface area contributed by atoms with Crippen molar-refractivity contribution in [1.82, 2.24) is 5.32 Å². The number of carbonyl (C=O) groups excluding carboxylic acids is 2. The number of nitro benzene ring substituents is 1. The number of esters is 1. The van der Waals surface area contributed by atoms with Gasteiger partial charge in [-0.15, -0.1) is 0 Å². The molecule has 0 saturated carbocycles. The third kappa shape index (κ3) is 5.42. The van der Waals surface area contributed by atoms with Crippen LogP contribution in [-0.4, -0.2) is 35.7 Å². The highest BCUT2D eigenvalue weighted by molar-refractivity contribution is 7.98. The fourth-order valence-electron chi connectivity index (χ4n) is 1.65. The largest absolute Gasteiger partial charge is 0.467 e. The summed E-state index contributed by atoms with van der Waals surface area (Å²) in [6, 6.07) is 5.65. The first-order valence-corrected chi connectivity index (χ1v) is 7.26. The van der Waals surface area contributed by atoms with E-state index in [0.717, 1.165) is 0 Å². The third-order valence-corrected chi connectivity index (χ3v) is 3.68. The fraction of sp³-hybridized carbons (Fsp3) is 0.385. The Labute approximate surface area is 126 Å². The maximum atomic E-state index is 11.5. The molecule has 1 N–H and O–H groups in total. The first kappa shape index (κ1) is 17.0. The molecule has 7 nitrogen and oxygen atoms in total. The zero-order valence-corrected chi connectivity index (χ0v) is 12.5. The summed E-state index contributed by atoms with van der Waals surface area (Å²) in [6.07, 6.45) is 0. The zero-order valence-electron chi connectivity index (χ0n) is 11.7. The van der Waals surface area contributed by atoms with E-state index in [9.17, 15) is 19.7 Å². The Balaban J connectivity index is 2.64. The van der Waals surface area contributed by atoms with Gasteiger partial charge in [-0.3, -0.25) is 14.9 Å². The van der Waals surface area contributed by atoms with Gasteiger partial charge in [0, 0.05) is 30.1 Å². The minimum absolute atomic E-state index is 0.0409. The van der Waals surface area contributed by atoms with E-state index >= 15 is 0 Å². The van der Waals surface area contributed by atoms with Crippen molar-refractivity contribution in [3.63, 3.8) is 0 Å². The van der Waals surface area contributed by atoms with Gasteiger partial charge in [-0.25, -0.2) is 4.79 Å². The number of rotatable bonds is 7. The summed E-state index contributed by atoms with van der Waals surface area (Å²) < 4.78 is 4.60. The quantitative estimate of drug-likeness (QED) is 0.465. The minimum Gasteiger partial charge on any atom is -0.467 e. The number of amides is 1. The summed E-state index contributed by atoms with van der Waals surface area (Å²) in [7, 11) is 1.24. The van der Waals surface area contributed by atoms with Crippen LogP contribution in [0.4, 0.5) is 5.69 Å². The molecule has 1 atom stereocenters. The molecule has 1 aromatic carbocycles. The van der Waals surface area contributed by atoms with Crippen LogP contribution in [-0.2, 0) is 20.1 Å². The molecule has 0 saturated heterocycles. The molecule has 21 heavy (non-hydrogen) atoms. The highest BCUT2D eigenvalue weighted by Gasteiger charge is 2.20. The molecule has 0 aliphatic heterocycles. The van der Waals surface area contributed by atoms with Crippen LogP contribution in [0.5, 0.6) is 0 Å². The molecule has 1 unspecified atom stereocenters. The maximum Gasteiger partial charge on any atom is 0.329 e. The van der Waals surface area contributed by atoms with Gasteiger partial charge in [0.15, 0.2) is 0 Å². The average Bonchev–Trinajstić information content (AvgIpc) is 2.45. The first-order valence-electron chi connectivity index (χ1n) is 6.10. The number of hydrogen-bond donors (Lipinski definition) is 1. The van der Waals surface area contributed by atoms with E-state index in [1.54, 1.807) is 18.2 Å². The van der Waals surface area contributed by atoms with Crippen LogP contribution in [0.15, 0.2) is 24.3 Å². The highest BCUT2D eigenvalue weighted by Crippen LogP contribution is 2.23. The number of thioether (sulfide) groups is 1. The molecule has 0 fully saturated rings. The van der Waals surface area contributed by atoms with E-state index in [1.165, 1.54) is 31.9 Å². The number of nitrogens with zero attached hydrogens (tertiary/aromatic N) is 1. The van der Waals surface area contributed by atoms with Gasteiger partial charge in [0.05, 0.1) is 12.0 Å². The van der Waals surface area contributed by atoms with Gasteiger partial charge >= 0.3 is 5.97 Å². The normalized spacial score (nSPS) is 11.5. The Morgan fingerprint density at radius 3 is 2.67 bits per heavy atom. The van der Waals surface area contributed by atoms with Crippen molar-refractivity contribution in [2.45, 2.75) is 18.7 Å². The molecular formula is C13H16N2O5S. The van der Waals surface area contributed by atoms with E-state index < -0.39 is 16.9 Å². The van der Waals surface area contributed by atoms with Crippen molar-refractivity contribution >= 4 is 29.3 Å². The smallest absolute Gasteiger partial charge is 0.329 e. The topological polar surface area (TPSA) is 98.5 Å². The second-order valence-electron chi connectivity index (χ2n) is 4.18. The van der Waals surface area contributed by atoms with Gasteiger partial charge in [0.2, 0.25) is 5.91 Å². The number of nitrogens with one attached hydrogen (secondary N) is 1. The number of carbonyl (C=O) groups is 2. The lowest BCUT2D eigenvalue weighted by Crippen LogP contribution is -2.42. The SMILES string of the molecule is COC(=O)C(CSCc1ccccc1[N+](=O)[O-])NC(C)=O. The molecule has 0 heterocycles. The van der Waals surface area contributed by atoms with Crippen molar-refractivity contribution in [3.05, 3.63) is 39.9 Å². The summed E-state index contributed by atoms with van der Waals surface area (Å²) in [5.41, 5.74) is 0.609. The summed E-state index contributed by atoms with van der Waals surface area (Å²) in [5, 5.41) is 13.4. The zero-order chi connectivity index (χ0) is 15.8. The van der Waals surface area contributed by atoms with Crippen LogP contribution in [0.3, 0.4) is 0 Å². The van der Waals surface area contributed by atoms with Crippen LogP contribution in [0, 0.1) is 10.1 Å². The van der Waals surface area contributed by atoms with E-state index in [1.807, 2.05) is 0 Å². The Morgan fingerprint density at radius 1 is 1.43 bits per heavy atom. The molecule has 8 heteroatoms. The lowest BCUT2D eigenvalue weighted by atomic mass is 10.2. The molecule has 114 valence electrons. The monoisotopic (exact) mass is 312 g/mol. The molecule has 1 rings (SSSR count). The Hall–Kier alpha value is -2.09. The predicted molar refractivity (Wildman–Crippen MR) is 78.9 cm³/mol. The number of para-hydroxylation sites is 1. The Kier molecular flexibility index (Phi) is 6.67. The lowest BCUT2D eigenvalue weighted by molar-refractivity contribution is -0.385. The van der Waals surface area contributed by atoms with Gasteiger partial charge in [-0.1, -0.05) is 18.2 Å². The number of methoxy groups -OCH3 is 1. The molecule has 1 aromatic rings. The number of hydrogen-bond acceptors (Lipinski definition) is 6. The lowest BCUT2D eigenvalue weighted by Gasteiger charge is -2.14.